The van der Waals surface area contributed by atoms with E-state index in [1.807, 2.05) is 43.3 Å². The second-order valence-corrected chi connectivity index (χ2v) is 6.48. The molecule has 3 rings (SSSR count). The lowest BCUT2D eigenvalue weighted by atomic mass is 9.90. The normalized spacial score (nSPS) is 20.1. The van der Waals surface area contributed by atoms with Crippen molar-refractivity contribution in [1.29, 1.82) is 0 Å². The monoisotopic (exact) mass is 344 g/mol. The van der Waals surface area contributed by atoms with Gasteiger partial charge in [0.05, 0.1) is 0 Å². The maximum Gasteiger partial charge on any atom is 0.247 e. The van der Waals surface area contributed by atoms with Gasteiger partial charge in [-0.1, -0.05) is 34.1 Å². The average Bonchev–Trinajstić information content (AvgIpc) is 2.78. The maximum absolute atomic E-state index is 12.2. The van der Waals surface area contributed by atoms with Gasteiger partial charge in [0.15, 0.2) is 0 Å². The van der Waals surface area contributed by atoms with E-state index in [1.165, 1.54) is 5.56 Å². The Bertz CT molecular complexity index is 714. The number of aryl methyl sites for hydroxylation is 2. The molecule has 2 aromatic rings. The zero-order valence-corrected chi connectivity index (χ0v) is 13.4. The predicted molar refractivity (Wildman–Crippen MR) is 88.1 cm³/mol. The molecule has 108 valence electrons. The summed E-state index contributed by atoms with van der Waals surface area (Å²) in [5, 5.41) is 3.38. The summed E-state index contributed by atoms with van der Waals surface area (Å²) < 4.78 is 1.03. The molecule has 0 aromatic heterocycles. The predicted octanol–water partition coefficient (Wildman–Crippen LogP) is 3.50. The lowest BCUT2D eigenvalue weighted by molar-refractivity contribution is -0.122. The maximum atomic E-state index is 12.2. The van der Waals surface area contributed by atoms with Gasteiger partial charge in [-0.15, -0.1) is 0 Å². The van der Waals surface area contributed by atoms with E-state index in [-0.39, 0.29) is 5.91 Å². The van der Waals surface area contributed by atoms with Gasteiger partial charge >= 0.3 is 0 Å². The number of fused-ring (bicyclic) bond motifs is 1. The number of anilines is 1. The number of rotatable bonds is 3. The molecule has 1 atom stereocenters. The van der Waals surface area contributed by atoms with Crippen molar-refractivity contribution in [2.24, 2.45) is 5.73 Å². The van der Waals surface area contributed by atoms with E-state index in [4.69, 9.17) is 5.73 Å². The molecule has 4 heteroatoms. The average molecular weight is 345 g/mol. The minimum atomic E-state index is -0.816. The highest BCUT2D eigenvalue weighted by Gasteiger charge is 2.44. The first-order chi connectivity index (χ1) is 10.0. The van der Waals surface area contributed by atoms with Gasteiger partial charge in [0.1, 0.15) is 5.54 Å². The van der Waals surface area contributed by atoms with Crippen LogP contribution in [0.15, 0.2) is 46.9 Å². The number of carbonyl (C=O) groups excluding carboxylic acids is 1. The summed E-state index contributed by atoms with van der Waals surface area (Å²) in [5.74, 6) is -0.329. The molecule has 0 bridgehead atoms. The van der Waals surface area contributed by atoms with Crippen molar-refractivity contribution in [1.82, 2.24) is 0 Å². The number of nitrogens with one attached hydrogen (secondary N) is 1. The van der Waals surface area contributed by atoms with E-state index < -0.39 is 5.54 Å². The molecule has 1 aliphatic rings. The van der Waals surface area contributed by atoms with Crippen LogP contribution in [0.2, 0.25) is 0 Å². The Morgan fingerprint density at radius 1 is 1.29 bits per heavy atom. The highest BCUT2D eigenvalue weighted by atomic mass is 79.9. The molecule has 2 aromatic carbocycles. The quantitative estimate of drug-likeness (QED) is 0.895. The van der Waals surface area contributed by atoms with Gasteiger partial charge in [-0.2, -0.15) is 0 Å². The topological polar surface area (TPSA) is 55.1 Å². The highest BCUT2D eigenvalue weighted by molar-refractivity contribution is 9.10. The molecule has 0 fully saturated rings. The molecule has 1 amide bonds. The molecular weight excluding hydrogens is 328 g/mol. The first-order valence-electron chi connectivity index (χ1n) is 6.95. The summed E-state index contributed by atoms with van der Waals surface area (Å²) in [4.78, 5) is 12.2. The van der Waals surface area contributed by atoms with E-state index in [2.05, 4.69) is 27.3 Å². The van der Waals surface area contributed by atoms with Crippen molar-refractivity contribution in [2.45, 2.75) is 25.3 Å². The molecule has 0 saturated heterocycles. The number of benzene rings is 2. The van der Waals surface area contributed by atoms with Crippen molar-refractivity contribution >= 4 is 27.5 Å². The Kier molecular flexibility index (Phi) is 3.49. The molecule has 0 heterocycles. The third-order valence-electron chi connectivity index (χ3n) is 4.09. The third-order valence-corrected chi connectivity index (χ3v) is 4.59. The molecule has 0 spiro atoms. The molecule has 0 saturated carbocycles. The molecule has 1 aliphatic carbocycles. The highest BCUT2D eigenvalue weighted by Crippen LogP contribution is 2.40. The van der Waals surface area contributed by atoms with Gasteiger partial charge in [-0.3, -0.25) is 4.79 Å². The minimum absolute atomic E-state index is 0.329. The lowest BCUT2D eigenvalue weighted by Crippen LogP contribution is -2.46. The fraction of sp³-hybridized carbons (Fsp3) is 0.235. The molecule has 3 N–H and O–H groups in total. The number of hydrogen-bond acceptors (Lipinski definition) is 2. The molecule has 0 aliphatic heterocycles. The van der Waals surface area contributed by atoms with Crippen LogP contribution < -0.4 is 11.1 Å². The first kappa shape index (κ1) is 14.1. The third kappa shape index (κ3) is 2.44. The Labute approximate surface area is 132 Å². The molecule has 3 nitrogen and oxygen atoms in total. The zero-order valence-electron chi connectivity index (χ0n) is 11.8. The summed E-state index contributed by atoms with van der Waals surface area (Å²) in [7, 11) is 0. The van der Waals surface area contributed by atoms with E-state index in [1.54, 1.807) is 0 Å². The van der Waals surface area contributed by atoms with Crippen molar-refractivity contribution in [3.63, 3.8) is 0 Å². The SMILES string of the molecule is Cc1cccc(NC2(C(N)=O)CCc3cc(Br)ccc32)c1. The van der Waals surface area contributed by atoms with E-state index in [0.29, 0.717) is 6.42 Å². The van der Waals surface area contributed by atoms with Crippen LogP contribution in [0.1, 0.15) is 23.1 Å². The van der Waals surface area contributed by atoms with Crippen molar-refractivity contribution in [2.75, 3.05) is 5.32 Å². The van der Waals surface area contributed by atoms with E-state index in [9.17, 15) is 4.79 Å². The van der Waals surface area contributed by atoms with Crippen LogP contribution in [0.5, 0.6) is 0 Å². The number of halogens is 1. The lowest BCUT2D eigenvalue weighted by Gasteiger charge is -2.29. The standard InChI is InChI=1S/C17H17BrN2O/c1-11-3-2-4-14(9-11)20-17(16(19)21)8-7-12-10-13(18)5-6-15(12)17/h2-6,9-10,20H,7-8H2,1H3,(H2,19,21). The van der Waals surface area contributed by atoms with E-state index in [0.717, 1.165) is 27.7 Å². The second kappa shape index (κ2) is 5.19. The Morgan fingerprint density at radius 2 is 2.10 bits per heavy atom. The summed E-state index contributed by atoms with van der Waals surface area (Å²) in [6.45, 7) is 2.03. The van der Waals surface area contributed by atoms with Crippen LogP contribution in [0.4, 0.5) is 5.69 Å². The molecule has 0 radical (unpaired) electrons. The van der Waals surface area contributed by atoms with Crippen LogP contribution in [-0.2, 0) is 16.8 Å². The smallest absolute Gasteiger partial charge is 0.247 e. The summed E-state index contributed by atoms with van der Waals surface area (Å²) in [6.07, 6.45) is 1.53. The fourth-order valence-corrected chi connectivity index (χ4v) is 3.47. The summed E-state index contributed by atoms with van der Waals surface area (Å²) in [6, 6.07) is 14.0. The van der Waals surface area contributed by atoms with Gasteiger partial charge in [0.25, 0.3) is 0 Å². The van der Waals surface area contributed by atoms with Crippen LogP contribution >= 0.6 is 15.9 Å². The Hall–Kier alpha value is -1.81. The molecule has 1 unspecified atom stereocenters. The minimum Gasteiger partial charge on any atom is -0.368 e. The number of nitrogens with two attached hydrogens (primary N) is 1. The van der Waals surface area contributed by atoms with Gasteiger partial charge in [0.2, 0.25) is 5.91 Å². The first-order valence-corrected chi connectivity index (χ1v) is 7.74. The van der Waals surface area contributed by atoms with Crippen molar-refractivity contribution in [3.05, 3.63) is 63.6 Å². The molecular formula is C17H17BrN2O. The van der Waals surface area contributed by atoms with Crippen molar-refractivity contribution < 1.29 is 4.79 Å². The van der Waals surface area contributed by atoms with Gasteiger partial charge in [0, 0.05) is 10.2 Å². The van der Waals surface area contributed by atoms with Gasteiger partial charge in [-0.25, -0.2) is 0 Å². The van der Waals surface area contributed by atoms with Crippen LogP contribution in [0.3, 0.4) is 0 Å². The van der Waals surface area contributed by atoms with Crippen LogP contribution in [0, 0.1) is 6.92 Å². The number of amides is 1. The number of hydrogen-bond donors (Lipinski definition) is 2. The fourth-order valence-electron chi connectivity index (χ4n) is 3.06. The van der Waals surface area contributed by atoms with E-state index >= 15 is 0 Å². The summed E-state index contributed by atoms with van der Waals surface area (Å²) >= 11 is 3.48. The largest absolute Gasteiger partial charge is 0.368 e. The van der Waals surface area contributed by atoms with Crippen LogP contribution in [0.25, 0.3) is 0 Å². The van der Waals surface area contributed by atoms with Gasteiger partial charge in [-0.05, 0) is 60.7 Å². The Balaban J connectivity index is 2.06. The van der Waals surface area contributed by atoms with Gasteiger partial charge < -0.3 is 11.1 Å². The summed E-state index contributed by atoms with van der Waals surface area (Å²) in [5.41, 5.74) is 9.17. The van der Waals surface area contributed by atoms with Crippen molar-refractivity contribution in [3.8, 4) is 0 Å². The number of carbonyl (C=O) groups is 1. The van der Waals surface area contributed by atoms with Crippen LogP contribution in [-0.4, -0.2) is 5.91 Å². The number of primary amides is 1. The second-order valence-electron chi connectivity index (χ2n) is 5.57. The molecule has 21 heavy (non-hydrogen) atoms. The zero-order chi connectivity index (χ0) is 15.0. The Morgan fingerprint density at radius 3 is 2.81 bits per heavy atom.